The van der Waals surface area contributed by atoms with Gasteiger partial charge >= 0.3 is 0 Å². The fourth-order valence-corrected chi connectivity index (χ4v) is 2.33. The Hall–Kier alpha value is -1.42. The molecule has 0 bridgehead atoms. The highest BCUT2D eigenvalue weighted by Crippen LogP contribution is 2.19. The molecule has 2 rings (SSSR count). The Morgan fingerprint density at radius 3 is 2.43 bits per heavy atom. The summed E-state index contributed by atoms with van der Waals surface area (Å²) in [5.41, 5.74) is 1.45. The van der Waals surface area contributed by atoms with Crippen LogP contribution in [0.5, 0.6) is 0 Å². The average molecular weight is 308 g/mol. The molecule has 0 aromatic heterocycles. The van der Waals surface area contributed by atoms with Crippen LogP contribution in [0.25, 0.3) is 0 Å². The number of rotatable bonds is 6. The van der Waals surface area contributed by atoms with Crippen LogP contribution < -0.4 is 0 Å². The van der Waals surface area contributed by atoms with Crippen LogP contribution in [0.4, 0.5) is 4.39 Å². The second-order valence-corrected chi connectivity index (χ2v) is 5.42. The predicted octanol–water partition coefficient (Wildman–Crippen LogP) is 4.03. The summed E-state index contributed by atoms with van der Waals surface area (Å²) in [4.78, 5) is 2.01. The molecule has 2 nitrogen and oxygen atoms in total. The lowest BCUT2D eigenvalue weighted by molar-refractivity contribution is 0.111. The Bertz CT molecular complexity index is 573. The Balaban J connectivity index is 2.02. The normalized spacial score (nSPS) is 12.6. The third-order valence-corrected chi connectivity index (χ3v) is 3.74. The molecule has 0 spiro atoms. The van der Waals surface area contributed by atoms with E-state index in [9.17, 15) is 9.50 Å². The van der Waals surface area contributed by atoms with Crippen LogP contribution in [-0.4, -0.2) is 23.1 Å². The van der Waals surface area contributed by atoms with Crippen LogP contribution in [0.2, 0.25) is 5.02 Å². The molecule has 2 aromatic rings. The highest BCUT2D eigenvalue weighted by atomic mass is 35.5. The first-order valence-electron chi connectivity index (χ1n) is 6.99. The van der Waals surface area contributed by atoms with Gasteiger partial charge < -0.3 is 5.11 Å². The van der Waals surface area contributed by atoms with Gasteiger partial charge in [-0.05, 0) is 30.3 Å². The standard InChI is InChI=1S/C17H19ClFNO/c1-2-20(11-14-5-3-4-6-16(14)19)12-17(21)13-7-9-15(18)10-8-13/h3-10,17,21H,2,11-12H2,1H3. The van der Waals surface area contributed by atoms with Crippen molar-refractivity contribution in [3.05, 3.63) is 70.5 Å². The number of benzene rings is 2. The SMILES string of the molecule is CCN(Cc1ccccc1F)CC(O)c1ccc(Cl)cc1. The highest BCUT2D eigenvalue weighted by Gasteiger charge is 2.14. The zero-order valence-corrected chi connectivity index (χ0v) is 12.7. The highest BCUT2D eigenvalue weighted by molar-refractivity contribution is 6.30. The number of aliphatic hydroxyl groups is 1. The van der Waals surface area contributed by atoms with E-state index in [1.165, 1.54) is 6.07 Å². The van der Waals surface area contributed by atoms with Crippen LogP contribution >= 0.6 is 11.6 Å². The summed E-state index contributed by atoms with van der Waals surface area (Å²) in [5.74, 6) is -0.211. The number of halogens is 2. The van der Waals surface area contributed by atoms with E-state index in [0.29, 0.717) is 23.7 Å². The molecule has 0 aliphatic rings. The number of nitrogens with zero attached hydrogens (tertiary/aromatic N) is 1. The quantitative estimate of drug-likeness (QED) is 0.871. The molecular formula is C17H19ClFNO. The fourth-order valence-electron chi connectivity index (χ4n) is 2.21. The minimum atomic E-state index is -0.617. The molecule has 1 unspecified atom stereocenters. The predicted molar refractivity (Wildman–Crippen MR) is 83.8 cm³/mol. The van der Waals surface area contributed by atoms with Gasteiger partial charge in [0.15, 0.2) is 0 Å². The van der Waals surface area contributed by atoms with Gasteiger partial charge in [-0.25, -0.2) is 4.39 Å². The van der Waals surface area contributed by atoms with E-state index in [4.69, 9.17) is 11.6 Å². The number of hydrogen-bond acceptors (Lipinski definition) is 2. The van der Waals surface area contributed by atoms with Crippen LogP contribution in [0.3, 0.4) is 0 Å². The van der Waals surface area contributed by atoms with Gasteiger partial charge in [-0.2, -0.15) is 0 Å². The summed E-state index contributed by atoms with van der Waals surface area (Å²) in [6, 6.07) is 13.9. The van der Waals surface area contributed by atoms with Crippen molar-refractivity contribution in [3.63, 3.8) is 0 Å². The van der Waals surface area contributed by atoms with Gasteiger partial charge in [0.25, 0.3) is 0 Å². The van der Waals surface area contributed by atoms with Crippen LogP contribution in [0.1, 0.15) is 24.2 Å². The van der Waals surface area contributed by atoms with Gasteiger partial charge in [-0.15, -0.1) is 0 Å². The molecule has 0 aliphatic carbocycles. The van der Waals surface area contributed by atoms with Crippen molar-refractivity contribution < 1.29 is 9.50 Å². The molecule has 0 saturated carbocycles. The van der Waals surface area contributed by atoms with Gasteiger partial charge in [-0.3, -0.25) is 4.90 Å². The maximum atomic E-state index is 13.7. The molecular weight excluding hydrogens is 289 g/mol. The first-order chi connectivity index (χ1) is 10.1. The van der Waals surface area contributed by atoms with Crippen LogP contribution in [0, 0.1) is 5.82 Å². The second kappa shape index (κ2) is 7.55. The maximum absolute atomic E-state index is 13.7. The van der Waals surface area contributed by atoms with E-state index in [-0.39, 0.29) is 5.82 Å². The van der Waals surface area contributed by atoms with Crippen molar-refractivity contribution in [1.29, 1.82) is 0 Å². The lowest BCUT2D eigenvalue weighted by Gasteiger charge is -2.24. The third-order valence-electron chi connectivity index (χ3n) is 3.48. The van der Waals surface area contributed by atoms with Crippen molar-refractivity contribution >= 4 is 11.6 Å². The van der Waals surface area contributed by atoms with Crippen molar-refractivity contribution in [2.24, 2.45) is 0 Å². The first-order valence-corrected chi connectivity index (χ1v) is 7.37. The minimum Gasteiger partial charge on any atom is -0.387 e. The lowest BCUT2D eigenvalue weighted by atomic mass is 10.1. The van der Waals surface area contributed by atoms with Crippen LogP contribution in [-0.2, 0) is 6.54 Å². The molecule has 0 saturated heterocycles. The van der Waals surface area contributed by atoms with Gasteiger partial charge in [0.1, 0.15) is 5.82 Å². The molecule has 1 N–H and O–H groups in total. The van der Waals surface area contributed by atoms with Gasteiger partial charge in [-0.1, -0.05) is 48.9 Å². The Morgan fingerprint density at radius 1 is 1.14 bits per heavy atom. The summed E-state index contributed by atoms with van der Waals surface area (Å²) in [6.45, 7) is 3.66. The third kappa shape index (κ3) is 4.53. The molecule has 0 heterocycles. The van der Waals surface area contributed by atoms with E-state index in [2.05, 4.69) is 0 Å². The zero-order valence-electron chi connectivity index (χ0n) is 12.0. The maximum Gasteiger partial charge on any atom is 0.127 e. The van der Waals surface area contributed by atoms with Crippen LogP contribution in [0.15, 0.2) is 48.5 Å². The molecule has 0 fully saturated rings. The van der Waals surface area contributed by atoms with Gasteiger partial charge in [0, 0.05) is 23.7 Å². The Kier molecular flexibility index (Phi) is 5.74. The lowest BCUT2D eigenvalue weighted by Crippen LogP contribution is -2.28. The summed E-state index contributed by atoms with van der Waals surface area (Å²) in [7, 11) is 0. The first kappa shape index (κ1) is 16.0. The van der Waals surface area contributed by atoms with E-state index < -0.39 is 6.10 Å². The van der Waals surface area contributed by atoms with E-state index in [1.54, 1.807) is 24.3 Å². The van der Waals surface area contributed by atoms with Crippen molar-refractivity contribution in [2.45, 2.75) is 19.6 Å². The Morgan fingerprint density at radius 2 is 1.81 bits per heavy atom. The van der Waals surface area contributed by atoms with Crippen molar-refractivity contribution in [1.82, 2.24) is 4.90 Å². The summed E-state index contributed by atoms with van der Waals surface area (Å²) < 4.78 is 13.7. The molecule has 0 amide bonds. The average Bonchev–Trinajstić information content (AvgIpc) is 2.49. The molecule has 2 aromatic carbocycles. The molecule has 1 atom stereocenters. The van der Waals surface area contributed by atoms with E-state index in [1.807, 2.05) is 30.0 Å². The van der Waals surface area contributed by atoms with Crippen molar-refractivity contribution in [2.75, 3.05) is 13.1 Å². The zero-order chi connectivity index (χ0) is 15.2. The molecule has 21 heavy (non-hydrogen) atoms. The fraction of sp³-hybridized carbons (Fsp3) is 0.294. The number of likely N-dealkylation sites (N-methyl/N-ethyl adjacent to an activating group) is 1. The second-order valence-electron chi connectivity index (χ2n) is 4.99. The summed E-state index contributed by atoms with van der Waals surface area (Å²) in [5, 5.41) is 10.9. The Labute approximate surface area is 129 Å². The topological polar surface area (TPSA) is 23.5 Å². The van der Waals surface area contributed by atoms with Gasteiger partial charge in [0.05, 0.1) is 6.10 Å². The smallest absolute Gasteiger partial charge is 0.127 e. The van der Waals surface area contributed by atoms with Gasteiger partial charge in [0.2, 0.25) is 0 Å². The number of aliphatic hydroxyl groups excluding tert-OH is 1. The van der Waals surface area contributed by atoms with E-state index in [0.717, 1.165) is 12.1 Å². The molecule has 112 valence electrons. The minimum absolute atomic E-state index is 0.211. The van der Waals surface area contributed by atoms with E-state index >= 15 is 0 Å². The largest absolute Gasteiger partial charge is 0.387 e. The summed E-state index contributed by atoms with van der Waals surface area (Å²) >= 11 is 5.84. The summed E-state index contributed by atoms with van der Waals surface area (Å²) in [6.07, 6.45) is -0.617. The number of hydrogen-bond donors (Lipinski definition) is 1. The monoisotopic (exact) mass is 307 g/mol. The molecule has 4 heteroatoms. The molecule has 0 aliphatic heterocycles. The molecule has 0 radical (unpaired) electrons. The van der Waals surface area contributed by atoms with Crippen molar-refractivity contribution in [3.8, 4) is 0 Å².